The van der Waals surface area contributed by atoms with Gasteiger partial charge in [-0.2, -0.15) is 0 Å². The summed E-state index contributed by atoms with van der Waals surface area (Å²) in [5.41, 5.74) is 0. The third-order valence-electron chi connectivity index (χ3n) is 3.06. The molecule has 2 atom stereocenters. The van der Waals surface area contributed by atoms with E-state index in [-0.39, 0.29) is 25.1 Å². The molecule has 7 nitrogen and oxygen atoms in total. The van der Waals surface area contributed by atoms with E-state index in [1.165, 1.54) is 7.11 Å². The molecule has 1 fully saturated rings. The number of morpholine rings is 1. The van der Waals surface area contributed by atoms with Crippen LogP contribution in [0.15, 0.2) is 0 Å². The van der Waals surface area contributed by atoms with Crippen molar-refractivity contribution in [2.75, 3.05) is 60.3 Å². The SMILES string of the molecule is COCCOCC(O)CN1CCOC(CC(=O)OC)C1. The van der Waals surface area contributed by atoms with Crippen LogP contribution in [0.5, 0.6) is 0 Å². The number of nitrogens with zero attached hydrogens (tertiary/aromatic N) is 1. The highest BCUT2D eigenvalue weighted by molar-refractivity contribution is 5.69. The minimum atomic E-state index is -0.552. The van der Waals surface area contributed by atoms with Crippen LogP contribution < -0.4 is 0 Å². The Morgan fingerprint density at radius 3 is 2.95 bits per heavy atom. The van der Waals surface area contributed by atoms with E-state index in [1.807, 2.05) is 0 Å². The molecule has 118 valence electrons. The molecule has 1 N–H and O–H groups in total. The standard InChI is InChI=1S/C13H25NO6/c1-17-5-6-19-10-11(15)8-14-3-4-20-12(9-14)7-13(16)18-2/h11-12,15H,3-10H2,1-2H3. The predicted molar refractivity (Wildman–Crippen MR) is 71.5 cm³/mol. The number of rotatable bonds is 9. The van der Waals surface area contributed by atoms with E-state index in [0.717, 1.165) is 6.54 Å². The first-order valence-corrected chi connectivity index (χ1v) is 6.81. The molecule has 0 amide bonds. The highest BCUT2D eigenvalue weighted by Gasteiger charge is 2.24. The number of carbonyl (C=O) groups excluding carboxylic acids is 1. The topological polar surface area (TPSA) is 77.5 Å². The van der Waals surface area contributed by atoms with Crippen LogP contribution in [-0.2, 0) is 23.7 Å². The van der Waals surface area contributed by atoms with Gasteiger partial charge in [0.2, 0.25) is 0 Å². The van der Waals surface area contributed by atoms with Crippen molar-refractivity contribution in [1.82, 2.24) is 4.90 Å². The monoisotopic (exact) mass is 291 g/mol. The maximum Gasteiger partial charge on any atom is 0.308 e. The number of carbonyl (C=O) groups is 1. The Labute approximate surface area is 119 Å². The quantitative estimate of drug-likeness (QED) is 0.443. The van der Waals surface area contributed by atoms with Crippen molar-refractivity contribution < 1.29 is 28.8 Å². The molecule has 1 aliphatic rings. The lowest BCUT2D eigenvalue weighted by Crippen LogP contribution is -2.47. The van der Waals surface area contributed by atoms with Gasteiger partial charge in [-0.3, -0.25) is 9.69 Å². The van der Waals surface area contributed by atoms with Gasteiger partial charge in [-0.15, -0.1) is 0 Å². The van der Waals surface area contributed by atoms with Crippen molar-refractivity contribution in [2.45, 2.75) is 18.6 Å². The molecular formula is C13H25NO6. The number of hydrogen-bond acceptors (Lipinski definition) is 7. The second kappa shape index (κ2) is 10.1. The molecule has 1 rings (SSSR count). The third kappa shape index (κ3) is 7.16. The molecule has 0 spiro atoms. The van der Waals surface area contributed by atoms with Crippen LogP contribution in [0.25, 0.3) is 0 Å². The lowest BCUT2D eigenvalue weighted by atomic mass is 10.2. The van der Waals surface area contributed by atoms with Gasteiger partial charge in [-0.05, 0) is 0 Å². The molecule has 0 bridgehead atoms. The molecule has 20 heavy (non-hydrogen) atoms. The lowest BCUT2D eigenvalue weighted by Gasteiger charge is -2.33. The molecule has 0 radical (unpaired) electrons. The number of esters is 1. The fourth-order valence-electron chi connectivity index (χ4n) is 2.05. The number of β-amino-alcohol motifs (C(OH)–C–C–N with tert-alkyl or cyclic N) is 1. The van der Waals surface area contributed by atoms with E-state index < -0.39 is 6.10 Å². The second-order valence-corrected chi connectivity index (χ2v) is 4.75. The molecule has 0 aliphatic carbocycles. The van der Waals surface area contributed by atoms with Gasteiger partial charge in [-0.25, -0.2) is 0 Å². The Kier molecular flexibility index (Phi) is 8.72. The summed E-state index contributed by atoms with van der Waals surface area (Å²) in [5.74, 6) is -0.278. The van der Waals surface area contributed by atoms with Gasteiger partial charge < -0.3 is 24.1 Å². The zero-order chi connectivity index (χ0) is 14.8. The van der Waals surface area contributed by atoms with E-state index in [0.29, 0.717) is 32.9 Å². The molecule has 7 heteroatoms. The van der Waals surface area contributed by atoms with Gasteiger partial charge in [0.05, 0.1) is 52.2 Å². The highest BCUT2D eigenvalue weighted by atomic mass is 16.5. The summed E-state index contributed by atoms with van der Waals surface area (Å²) in [5, 5.41) is 9.88. The summed E-state index contributed by atoms with van der Waals surface area (Å²) in [4.78, 5) is 13.3. The maximum absolute atomic E-state index is 11.2. The Morgan fingerprint density at radius 1 is 1.45 bits per heavy atom. The lowest BCUT2D eigenvalue weighted by molar-refractivity contribution is -0.146. The normalized spacial score (nSPS) is 21.6. The van der Waals surface area contributed by atoms with Crippen LogP contribution in [0.1, 0.15) is 6.42 Å². The first-order valence-electron chi connectivity index (χ1n) is 6.81. The number of ether oxygens (including phenoxy) is 4. The van der Waals surface area contributed by atoms with Gasteiger partial charge in [-0.1, -0.05) is 0 Å². The van der Waals surface area contributed by atoms with Crippen molar-refractivity contribution in [3.63, 3.8) is 0 Å². The highest BCUT2D eigenvalue weighted by Crippen LogP contribution is 2.10. The van der Waals surface area contributed by atoms with E-state index in [9.17, 15) is 9.90 Å². The first-order chi connectivity index (χ1) is 9.65. The largest absolute Gasteiger partial charge is 0.469 e. The summed E-state index contributed by atoms with van der Waals surface area (Å²) in [6.07, 6.45) is -0.477. The Bertz CT molecular complexity index is 276. The van der Waals surface area contributed by atoms with Gasteiger partial charge in [0.15, 0.2) is 0 Å². The molecule has 0 saturated carbocycles. The molecular weight excluding hydrogens is 266 g/mol. The minimum Gasteiger partial charge on any atom is -0.469 e. The van der Waals surface area contributed by atoms with E-state index >= 15 is 0 Å². The number of methoxy groups -OCH3 is 2. The molecule has 0 aromatic heterocycles. The minimum absolute atomic E-state index is 0.169. The molecule has 2 unspecified atom stereocenters. The summed E-state index contributed by atoms with van der Waals surface area (Å²) in [6, 6.07) is 0. The average Bonchev–Trinajstić information content (AvgIpc) is 2.44. The Balaban J connectivity index is 2.20. The van der Waals surface area contributed by atoms with Crippen molar-refractivity contribution in [3.8, 4) is 0 Å². The fraction of sp³-hybridized carbons (Fsp3) is 0.923. The number of aliphatic hydroxyl groups excluding tert-OH is 1. The van der Waals surface area contributed by atoms with Gasteiger partial charge in [0.1, 0.15) is 0 Å². The fourth-order valence-corrected chi connectivity index (χ4v) is 2.05. The van der Waals surface area contributed by atoms with Crippen molar-refractivity contribution in [2.24, 2.45) is 0 Å². The summed E-state index contributed by atoms with van der Waals surface area (Å²) in [6.45, 7) is 3.69. The number of aliphatic hydroxyl groups is 1. The van der Waals surface area contributed by atoms with Crippen LogP contribution in [-0.4, -0.2) is 88.5 Å². The second-order valence-electron chi connectivity index (χ2n) is 4.75. The van der Waals surface area contributed by atoms with E-state index in [2.05, 4.69) is 9.64 Å². The van der Waals surface area contributed by atoms with Crippen molar-refractivity contribution in [3.05, 3.63) is 0 Å². The van der Waals surface area contributed by atoms with Crippen LogP contribution in [0, 0.1) is 0 Å². The van der Waals surface area contributed by atoms with Gasteiger partial charge in [0, 0.05) is 26.7 Å². The maximum atomic E-state index is 11.2. The smallest absolute Gasteiger partial charge is 0.308 e. The Hall–Kier alpha value is -0.730. The van der Waals surface area contributed by atoms with Crippen LogP contribution in [0.4, 0.5) is 0 Å². The third-order valence-corrected chi connectivity index (χ3v) is 3.06. The summed E-state index contributed by atoms with van der Waals surface area (Å²) >= 11 is 0. The number of hydrogen-bond donors (Lipinski definition) is 1. The van der Waals surface area contributed by atoms with Crippen molar-refractivity contribution in [1.29, 1.82) is 0 Å². The Morgan fingerprint density at radius 2 is 2.25 bits per heavy atom. The van der Waals surface area contributed by atoms with E-state index in [1.54, 1.807) is 7.11 Å². The summed E-state index contributed by atoms with van der Waals surface area (Å²) < 4.78 is 20.3. The van der Waals surface area contributed by atoms with Gasteiger partial charge >= 0.3 is 5.97 Å². The van der Waals surface area contributed by atoms with Gasteiger partial charge in [0.25, 0.3) is 0 Å². The van der Waals surface area contributed by atoms with Crippen LogP contribution >= 0.6 is 0 Å². The average molecular weight is 291 g/mol. The zero-order valence-corrected chi connectivity index (χ0v) is 12.2. The van der Waals surface area contributed by atoms with Crippen LogP contribution in [0.3, 0.4) is 0 Å². The predicted octanol–water partition coefficient (Wildman–Crippen LogP) is -0.726. The molecule has 0 aromatic rings. The molecule has 1 saturated heterocycles. The first kappa shape index (κ1) is 17.3. The van der Waals surface area contributed by atoms with Crippen molar-refractivity contribution >= 4 is 5.97 Å². The molecule has 0 aromatic carbocycles. The zero-order valence-electron chi connectivity index (χ0n) is 12.2. The van der Waals surface area contributed by atoms with E-state index in [4.69, 9.17) is 14.2 Å². The molecule has 1 aliphatic heterocycles. The molecule has 1 heterocycles. The summed E-state index contributed by atoms with van der Waals surface area (Å²) in [7, 11) is 2.97. The van der Waals surface area contributed by atoms with Crippen LogP contribution in [0.2, 0.25) is 0 Å².